The van der Waals surface area contributed by atoms with Gasteiger partial charge in [-0.15, -0.1) is 0 Å². The number of ether oxygens (including phenoxy) is 1. The summed E-state index contributed by atoms with van der Waals surface area (Å²) in [4.78, 5) is 35.3. The molecule has 7 heteroatoms. The number of hydrogen-bond acceptors (Lipinski definition) is 6. The largest absolute Gasteiger partial charge is 0.508 e. The van der Waals surface area contributed by atoms with Gasteiger partial charge in [0, 0.05) is 23.1 Å². The molecule has 1 heterocycles. The summed E-state index contributed by atoms with van der Waals surface area (Å²) >= 11 is 0. The van der Waals surface area contributed by atoms with Crippen molar-refractivity contribution in [3.63, 3.8) is 0 Å². The Kier molecular flexibility index (Phi) is 5.51. The number of nitrogens with one attached hydrogen (secondary N) is 1. The molecule has 2 N–H and O–H groups in total. The van der Waals surface area contributed by atoms with Gasteiger partial charge in [-0.05, 0) is 17.7 Å². The summed E-state index contributed by atoms with van der Waals surface area (Å²) in [6.45, 7) is -0.425. The minimum absolute atomic E-state index is 0.0408. The molecule has 0 aliphatic rings. The van der Waals surface area contributed by atoms with Gasteiger partial charge in [-0.2, -0.15) is 0 Å². The van der Waals surface area contributed by atoms with Gasteiger partial charge < -0.3 is 19.6 Å². The van der Waals surface area contributed by atoms with Gasteiger partial charge in [0.05, 0.1) is 6.42 Å². The maximum Gasteiger partial charge on any atom is 0.336 e. The normalized spacial score (nSPS) is 10.5. The minimum atomic E-state index is -0.628. The van der Waals surface area contributed by atoms with E-state index in [-0.39, 0.29) is 36.8 Å². The lowest BCUT2D eigenvalue weighted by molar-refractivity contribution is -0.145. The third kappa shape index (κ3) is 4.94. The van der Waals surface area contributed by atoms with Gasteiger partial charge in [0.25, 0.3) is 0 Å². The van der Waals surface area contributed by atoms with Crippen molar-refractivity contribution in [2.75, 3.05) is 6.54 Å². The number of hydrogen-bond donors (Lipinski definition) is 2. The fraction of sp³-hybridized carbons (Fsp3) is 0.150. The minimum Gasteiger partial charge on any atom is -0.508 e. The fourth-order valence-electron chi connectivity index (χ4n) is 2.56. The number of amides is 1. The zero-order valence-corrected chi connectivity index (χ0v) is 14.3. The number of rotatable bonds is 6. The Hall–Kier alpha value is -3.61. The molecule has 0 bridgehead atoms. The topological polar surface area (TPSA) is 106 Å². The Morgan fingerprint density at radius 2 is 1.85 bits per heavy atom. The predicted molar refractivity (Wildman–Crippen MR) is 97.1 cm³/mol. The number of carbonyl (C=O) groups excluding carboxylic acids is 2. The first-order valence-electron chi connectivity index (χ1n) is 8.23. The van der Waals surface area contributed by atoms with E-state index in [2.05, 4.69) is 5.32 Å². The molecular formula is C20H17NO6. The van der Waals surface area contributed by atoms with Gasteiger partial charge in [0.2, 0.25) is 5.91 Å². The number of carbonyl (C=O) groups is 2. The van der Waals surface area contributed by atoms with E-state index in [9.17, 15) is 19.5 Å². The van der Waals surface area contributed by atoms with Crippen LogP contribution >= 0.6 is 0 Å². The van der Waals surface area contributed by atoms with Gasteiger partial charge in [0.1, 0.15) is 24.5 Å². The molecule has 1 aromatic heterocycles. The van der Waals surface area contributed by atoms with E-state index in [4.69, 9.17) is 9.15 Å². The van der Waals surface area contributed by atoms with Crippen LogP contribution in [0.2, 0.25) is 0 Å². The van der Waals surface area contributed by atoms with Crippen molar-refractivity contribution in [1.82, 2.24) is 5.32 Å². The molecule has 0 fully saturated rings. The Morgan fingerprint density at radius 1 is 1.07 bits per heavy atom. The molecule has 2 aromatic carbocycles. The van der Waals surface area contributed by atoms with Crippen LogP contribution in [0.5, 0.6) is 5.75 Å². The summed E-state index contributed by atoms with van der Waals surface area (Å²) in [7, 11) is 0. The van der Waals surface area contributed by atoms with Crippen molar-refractivity contribution >= 4 is 22.8 Å². The fourth-order valence-corrected chi connectivity index (χ4v) is 2.56. The van der Waals surface area contributed by atoms with Crippen LogP contribution in [-0.2, 0) is 27.4 Å². The van der Waals surface area contributed by atoms with Crippen molar-refractivity contribution in [2.24, 2.45) is 0 Å². The highest BCUT2D eigenvalue weighted by atomic mass is 16.5. The molecular weight excluding hydrogens is 350 g/mol. The Morgan fingerprint density at radius 3 is 2.63 bits per heavy atom. The van der Waals surface area contributed by atoms with Gasteiger partial charge in [-0.1, -0.05) is 30.3 Å². The summed E-state index contributed by atoms with van der Waals surface area (Å²) in [5, 5.41) is 12.5. The maximum absolute atomic E-state index is 11.9. The smallest absolute Gasteiger partial charge is 0.336 e. The highest BCUT2D eigenvalue weighted by Crippen LogP contribution is 2.22. The van der Waals surface area contributed by atoms with E-state index in [1.807, 2.05) is 30.3 Å². The van der Waals surface area contributed by atoms with Crippen molar-refractivity contribution in [2.45, 2.75) is 13.0 Å². The molecule has 0 aliphatic heterocycles. The van der Waals surface area contributed by atoms with Crippen LogP contribution < -0.4 is 10.9 Å². The molecule has 0 unspecified atom stereocenters. The summed E-state index contributed by atoms with van der Waals surface area (Å²) in [6.07, 6.45) is 0.169. The van der Waals surface area contributed by atoms with Crippen LogP contribution in [0.3, 0.4) is 0 Å². The zero-order chi connectivity index (χ0) is 19.2. The SMILES string of the molecule is O=C(Cc1ccccc1)NCC(=O)OCc1cc(=O)oc2cc(O)ccc12. The lowest BCUT2D eigenvalue weighted by Crippen LogP contribution is -2.31. The van der Waals surface area contributed by atoms with Crippen LogP contribution in [0.15, 0.2) is 63.8 Å². The first kappa shape index (κ1) is 18.2. The summed E-state index contributed by atoms with van der Waals surface area (Å²) in [6, 6.07) is 14.7. The van der Waals surface area contributed by atoms with Crippen molar-refractivity contribution < 1.29 is 23.8 Å². The summed E-state index contributed by atoms with van der Waals surface area (Å²) < 4.78 is 10.1. The number of phenols is 1. The second kappa shape index (κ2) is 8.18. The second-order valence-electron chi connectivity index (χ2n) is 5.87. The van der Waals surface area contributed by atoms with Gasteiger partial charge in [0.15, 0.2) is 0 Å². The molecule has 0 radical (unpaired) electrons. The standard InChI is InChI=1S/C20H17NO6/c22-15-6-7-16-14(9-19(24)27-17(16)10-15)12-26-20(25)11-21-18(23)8-13-4-2-1-3-5-13/h1-7,9-10,22H,8,11-12H2,(H,21,23). The van der Waals surface area contributed by atoms with Crippen molar-refractivity contribution in [3.8, 4) is 5.75 Å². The first-order valence-corrected chi connectivity index (χ1v) is 8.23. The van der Waals surface area contributed by atoms with Gasteiger partial charge >= 0.3 is 11.6 Å². The van der Waals surface area contributed by atoms with E-state index in [1.54, 1.807) is 6.07 Å². The molecule has 0 atom stereocenters. The Balaban J connectivity index is 1.56. The first-order chi connectivity index (χ1) is 13.0. The average molecular weight is 367 g/mol. The molecule has 0 spiro atoms. The molecule has 0 aliphatic carbocycles. The molecule has 27 heavy (non-hydrogen) atoms. The second-order valence-corrected chi connectivity index (χ2v) is 5.87. The lowest BCUT2D eigenvalue weighted by Gasteiger charge is -2.08. The Labute approximate surface area is 154 Å². The molecule has 3 rings (SSSR count). The molecule has 3 aromatic rings. The van der Waals surface area contributed by atoms with Crippen LogP contribution in [0.4, 0.5) is 0 Å². The zero-order valence-electron chi connectivity index (χ0n) is 14.3. The van der Waals surface area contributed by atoms with Gasteiger partial charge in [-0.25, -0.2) is 4.79 Å². The monoisotopic (exact) mass is 367 g/mol. The lowest BCUT2D eigenvalue weighted by atomic mass is 10.1. The average Bonchev–Trinajstić information content (AvgIpc) is 2.64. The van der Waals surface area contributed by atoms with Crippen LogP contribution in [0.25, 0.3) is 11.0 Å². The van der Waals surface area contributed by atoms with Crippen LogP contribution in [-0.4, -0.2) is 23.5 Å². The van der Waals surface area contributed by atoms with Gasteiger partial charge in [-0.3, -0.25) is 9.59 Å². The molecule has 1 amide bonds. The van der Waals surface area contributed by atoms with Crippen LogP contribution in [0.1, 0.15) is 11.1 Å². The number of benzene rings is 2. The quantitative estimate of drug-likeness (QED) is 0.509. The predicted octanol–water partition coefficient (Wildman–Crippen LogP) is 1.90. The number of aromatic hydroxyl groups is 1. The maximum atomic E-state index is 11.9. The van der Waals surface area contributed by atoms with E-state index in [0.29, 0.717) is 10.9 Å². The third-order valence-electron chi connectivity index (χ3n) is 3.84. The van der Waals surface area contributed by atoms with Crippen LogP contribution in [0, 0.1) is 0 Å². The number of esters is 1. The van der Waals surface area contributed by atoms with E-state index < -0.39 is 11.6 Å². The Bertz CT molecular complexity index is 1030. The molecule has 7 nitrogen and oxygen atoms in total. The van der Waals surface area contributed by atoms with E-state index in [1.165, 1.54) is 18.2 Å². The highest BCUT2D eigenvalue weighted by Gasteiger charge is 2.11. The number of fused-ring (bicyclic) bond motifs is 1. The van der Waals surface area contributed by atoms with E-state index in [0.717, 1.165) is 5.56 Å². The van der Waals surface area contributed by atoms with Crippen molar-refractivity contribution in [3.05, 3.63) is 76.1 Å². The molecule has 0 saturated heterocycles. The van der Waals surface area contributed by atoms with E-state index >= 15 is 0 Å². The molecule has 138 valence electrons. The summed E-state index contributed by atoms with van der Waals surface area (Å²) in [5.41, 5.74) is 0.874. The highest BCUT2D eigenvalue weighted by molar-refractivity contribution is 5.84. The summed E-state index contributed by atoms with van der Waals surface area (Å²) in [5.74, 6) is -0.961. The van der Waals surface area contributed by atoms with Crippen molar-refractivity contribution in [1.29, 1.82) is 0 Å². The molecule has 0 saturated carbocycles. The third-order valence-corrected chi connectivity index (χ3v) is 3.84. The number of phenolic OH excluding ortho intramolecular Hbond substituents is 1.